The average Bonchev–Trinajstić information content (AvgIpc) is 2.88. The average molecular weight is 407 g/mol. The molecule has 0 atom stereocenters. The number of hydrogen-bond acceptors (Lipinski definition) is 5. The number of methoxy groups -OCH3 is 2. The monoisotopic (exact) mass is 406 g/mol. The van der Waals surface area contributed by atoms with Gasteiger partial charge in [0.05, 0.1) is 20.8 Å². The third-order valence-corrected chi connectivity index (χ3v) is 5.99. The Kier molecular flexibility index (Phi) is 5.43. The van der Waals surface area contributed by atoms with Crippen molar-refractivity contribution >= 4 is 32.4 Å². The number of ether oxygens (including phenoxy) is 2. The molecule has 0 aliphatic carbocycles. The minimum absolute atomic E-state index is 0.204. The number of amidine groups is 1. The van der Waals surface area contributed by atoms with Gasteiger partial charge in [-0.25, -0.2) is 8.42 Å². The highest BCUT2D eigenvalue weighted by Crippen LogP contribution is 2.33. The standard InChI is InChI=1S/C19H19ClN2O4S/c1-12-18(13-7-9-15(20)10-8-13)27(23,24)22-19(12)21-11-14-5-4-6-16(25-2)17(14)26-3/h4-10H,11H2,1-3H3,(H,21,22). The number of para-hydroxylation sites is 1. The Morgan fingerprint density at radius 3 is 2.41 bits per heavy atom. The van der Waals surface area contributed by atoms with Crippen LogP contribution in [-0.2, 0) is 16.6 Å². The molecule has 1 aliphatic heterocycles. The van der Waals surface area contributed by atoms with Crippen molar-refractivity contribution in [3.05, 3.63) is 64.2 Å². The summed E-state index contributed by atoms with van der Waals surface area (Å²) in [6.45, 7) is 1.96. The predicted octanol–water partition coefficient (Wildman–Crippen LogP) is 3.62. The van der Waals surface area contributed by atoms with Crippen LogP contribution in [0.5, 0.6) is 11.5 Å². The maximum absolute atomic E-state index is 12.6. The van der Waals surface area contributed by atoms with Crippen molar-refractivity contribution in [3.63, 3.8) is 0 Å². The molecule has 2 aromatic rings. The molecule has 6 nitrogen and oxygen atoms in total. The minimum atomic E-state index is -3.68. The Morgan fingerprint density at radius 2 is 1.78 bits per heavy atom. The Bertz CT molecular complexity index is 1030. The Balaban J connectivity index is 1.98. The van der Waals surface area contributed by atoms with E-state index in [9.17, 15) is 8.42 Å². The van der Waals surface area contributed by atoms with Gasteiger partial charge in [0.25, 0.3) is 10.0 Å². The second kappa shape index (κ2) is 7.62. The third kappa shape index (κ3) is 3.79. The van der Waals surface area contributed by atoms with Gasteiger partial charge in [0.2, 0.25) is 0 Å². The highest BCUT2D eigenvalue weighted by atomic mass is 35.5. The summed E-state index contributed by atoms with van der Waals surface area (Å²) in [4.78, 5) is 4.66. The van der Waals surface area contributed by atoms with Gasteiger partial charge in [-0.3, -0.25) is 9.71 Å². The van der Waals surface area contributed by atoms with Crippen molar-refractivity contribution < 1.29 is 17.9 Å². The van der Waals surface area contributed by atoms with Crippen molar-refractivity contribution in [1.29, 1.82) is 0 Å². The van der Waals surface area contributed by atoms with Gasteiger partial charge in [-0.2, -0.15) is 0 Å². The number of halogens is 1. The molecule has 0 saturated carbocycles. The first-order valence-electron chi connectivity index (χ1n) is 8.11. The highest BCUT2D eigenvalue weighted by Gasteiger charge is 2.32. The molecule has 0 aromatic heterocycles. The van der Waals surface area contributed by atoms with Gasteiger partial charge < -0.3 is 9.47 Å². The van der Waals surface area contributed by atoms with Crippen molar-refractivity contribution in [3.8, 4) is 11.5 Å². The lowest BCUT2D eigenvalue weighted by atomic mass is 10.1. The van der Waals surface area contributed by atoms with E-state index in [4.69, 9.17) is 21.1 Å². The van der Waals surface area contributed by atoms with E-state index >= 15 is 0 Å². The van der Waals surface area contributed by atoms with E-state index in [0.29, 0.717) is 33.5 Å². The molecule has 0 unspecified atom stereocenters. The molecule has 3 rings (SSSR count). The summed E-state index contributed by atoms with van der Waals surface area (Å²) in [5, 5.41) is 0.541. The van der Waals surface area contributed by atoms with Crippen molar-refractivity contribution in [2.24, 2.45) is 4.99 Å². The summed E-state index contributed by atoms with van der Waals surface area (Å²) in [5.74, 6) is 1.48. The molecule has 27 heavy (non-hydrogen) atoms. The molecule has 142 valence electrons. The van der Waals surface area contributed by atoms with E-state index in [-0.39, 0.29) is 11.4 Å². The molecular formula is C19H19ClN2O4S. The highest BCUT2D eigenvalue weighted by molar-refractivity contribution is 8.00. The Labute approximate surface area is 163 Å². The van der Waals surface area contributed by atoms with E-state index in [1.54, 1.807) is 51.5 Å². The van der Waals surface area contributed by atoms with Crippen LogP contribution in [0.25, 0.3) is 4.91 Å². The minimum Gasteiger partial charge on any atom is -0.493 e. The smallest absolute Gasteiger partial charge is 0.264 e. The summed E-state index contributed by atoms with van der Waals surface area (Å²) in [5.41, 5.74) is 1.91. The molecule has 1 N–H and O–H groups in total. The number of hydrogen-bond donors (Lipinski definition) is 1. The normalized spacial score (nSPS) is 17.1. The van der Waals surface area contributed by atoms with Crippen LogP contribution < -0.4 is 14.2 Å². The van der Waals surface area contributed by atoms with E-state index in [2.05, 4.69) is 9.71 Å². The van der Waals surface area contributed by atoms with Crippen molar-refractivity contribution in [1.82, 2.24) is 4.72 Å². The molecule has 8 heteroatoms. The lowest BCUT2D eigenvalue weighted by Gasteiger charge is -2.11. The fourth-order valence-corrected chi connectivity index (χ4v) is 4.58. The first-order valence-corrected chi connectivity index (χ1v) is 9.98. The zero-order valence-electron chi connectivity index (χ0n) is 15.1. The van der Waals surface area contributed by atoms with Crippen LogP contribution in [0, 0.1) is 0 Å². The molecule has 1 aliphatic rings. The first kappa shape index (κ1) is 19.3. The van der Waals surface area contributed by atoms with E-state index in [1.807, 2.05) is 12.1 Å². The zero-order chi connectivity index (χ0) is 19.6. The maximum Gasteiger partial charge on any atom is 0.264 e. The van der Waals surface area contributed by atoms with Gasteiger partial charge in [-0.15, -0.1) is 0 Å². The van der Waals surface area contributed by atoms with Gasteiger partial charge >= 0.3 is 0 Å². The van der Waals surface area contributed by atoms with Crippen LogP contribution in [-0.4, -0.2) is 28.5 Å². The molecule has 0 radical (unpaired) electrons. The largest absolute Gasteiger partial charge is 0.493 e. The molecular weight excluding hydrogens is 388 g/mol. The summed E-state index contributed by atoms with van der Waals surface area (Å²) in [7, 11) is -0.573. The fraction of sp³-hybridized carbons (Fsp3) is 0.211. The van der Waals surface area contributed by atoms with Gasteiger partial charge in [0.15, 0.2) is 11.5 Å². The molecule has 0 spiro atoms. The van der Waals surface area contributed by atoms with Crippen LogP contribution in [0.15, 0.2) is 53.0 Å². The van der Waals surface area contributed by atoms with Crippen LogP contribution in [0.4, 0.5) is 0 Å². The number of nitrogens with zero attached hydrogens (tertiary/aromatic N) is 1. The molecule has 0 amide bonds. The maximum atomic E-state index is 12.6. The lowest BCUT2D eigenvalue weighted by molar-refractivity contribution is 0.352. The Morgan fingerprint density at radius 1 is 1.07 bits per heavy atom. The fourth-order valence-electron chi connectivity index (χ4n) is 2.93. The van der Waals surface area contributed by atoms with Crippen molar-refractivity contribution in [2.75, 3.05) is 14.2 Å². The molecule has 0 saturated heterocycles. The van der Waals surface area contributed by atoms with E-state index < -0.39 is 10.0 Å². The number of aliphatic imine (C=N–C) groups is 1. The number of sulfonamides is 1. The van der Waals surface area contributed by atoms with Crippen LogP contribution >= 0.6 is 11.6 Å². The van der Waals surface area contributed by atoms with Crippen LogP contribution in [0.3, 0.4) is 0 Å². The SMILES string of the molecule is COc1cccc(CN=C2NS(=O)(=O)C(c3ccc(Cl)cc3)=C2C)c1OC. The first-order chi connectivity index (χ1) is 12.9. The summed E-state index contributed by atoms with van der Waals surface area (Å²) < 4.78 is 38.4. The molecule has 0 fully saturated rings. The number of rotatable bonds is 5. The van der Waals surface area contributed by atoms with Crippen LogP contribution in [0.1, 0.15) is 18.1 Å². The topological polar surface area (TPSA) is 77.0 Å². The van der Waals surface area contributed by atoms with Gasteiger partial charge in [-0.1, -0.05) is 35.9 Å². The molecule has 2 aromatic carbocycles. The predicted molar refractivity (Wildman–Crippen MR) is 107 cm³/mol. The number of benzene rings is 2. The van der Waals surface area contributed by atoms with Crippen molar-refractivity contribution in [2.45, 2.75) is 13.5 Å². The summed E-state index contributed by atoms with van der Waals surface area (Å²) >= 11 is 5.90. The lowest BCUT2D eigenvalue weighted by Crippen LogP contribution is -2.23. The van der Waals surface area contributed by atoms with E-state index in [1.165, 1.54) is 0 Å². The van der Waals surface area contributed by atoms with Gasteiger partial charge in [0, 0.05) is 16.2 Å². The molecule has 1 heterocycles. The van der Waals surface area contributed by atoms with E-state index in [0.717, 1.165) is 5.56 Å². The quantitative estimate of drug-likeness (QED) is 0.822. The Hall–Kier alpha value is -2.51. The summed E-state index contributed by atoms with van der Waals surface area (Å²) in [6.07, 6.45) is 0. The third-order valence-electron chi connectivity index (χ3n) is 4.19. The van der Waals surface area contributed by atoms with Gasteiger partial charge in [0.1, 0.15) is 10.7 Å². The van der Waals surface area contributed by atoms with Crippen LogP contribution in [0.2, 0.25) is 5.02 Å². The van der Waals surface area contributed by atoms with Gasteiger partial charge in [-0.05, 0) is 30.7 Å². The summed E-state index contributed by atoms with van der Waals surface area (Å²) in [6, 6.07) is 12.1. The second-order valence-corrected chi connectivity index (χ2v) is 7.94. The second-order valence-electron chi connectivity index (χ2n) is 5.88. The zero-order valence-corrected chi connectivity index (χ0v) is 16.7. The number of nitrogens with one attached hydrogen (secondary N) is 1. The molecule has 0 bridgehead atoms.